The van der Waals surface area contributed by atoms with E-state index < -0.39 is 0 Å². The number of rotatable bonds is 24. The van der Waals surface area contributed by atoms with Crippen molar-refractivity contribution in [2.75, 3.05) is 0 Å². The highest BCUT2D eigenvalue weighted by atomic mass is 16.2. The van der Waals surface area contributed by atoms with Crippen LogP contribution in [0.3, 0.4) is 0 Å². The van der Waals surface area contributed by atoms with Crippen LogP contribution >= 0.6 is 0 Å². The summed E-state index contributed by atoms with van der Waals surface area (Å²) in [5.41, 5.74) is 0. The molecule has 1 nitrogen and oxygen atoms in total. The molecule has 0 saturated carbocycles. The maximum atomic E-state index is 8.56. The van der Waals surface area contributed by atoms with Crippen LogP contribution in [0.1, 0.15) is 161 Å². The molecule has 0 saturated heterocycles. The molecule has 0 aromatic carbocycles. The van der Waals surface area contributed by atoms with Crippen LogP contribution in [0.5, 0.6) is 0 Å². The van der Waals surface area contributed by atoms with Crippen molar-refractivity contribution in [1.29, 1.82) is 0 Å². The molecule has 0 fully saturated rings. The van der Waals surface area contributed by atoms with Crippen molar-refractivity contribution in [2.24, 2.45) is 0 Å². The fourth-order valence-corrected chi connectivity index (χ4v) is 4.12. The Balaban J connectivity index is 2.98. The van der Waals surface area contributed by atoms with Gasteiger partial charge in [-0.05, 0) is 12.8 Å². The minimum atomic E-state index is 1.04. The molecule has 1 heteroatoms. The molecule has 28 heavy (non-hydrogen) atoms. The van der Waals surface area contributed by atoms with Crippen LogP contribution < -0.4 is 0 Å². The molecule has 0 spiro atoms. The zero-order valence-electron chi connectivity index (χ0n) is 19.6. The zero-order valence-corrected chi connectivity index (χ0v) is 19.6. The highest BCUT2D eigenvalue weighted by molar-refractivity contribution is 4.70. The van der Waals surface area contributed by atoms with Gasteiger partial charge in [0.05, 0.1) is 6.26 Å². The lowest BCUT2D eigenvalue weighted by Crippen LogP contribution is -1.84. The lowest BCUT2D eigenvalue weighted by molar-refractivity contribution is 0.469. The van der Waals surface area contributed by atoms with Gasteiger partial charge in [0.1, 0.15) is 0 Å². The second-order valence-electron chi connectivity index (χ2n) is 8.95. The molecule has 0 heterocycles. The van der Waals surface area contributed by atoms with Crippen molar-refractivity contribution in [3.05, 3.63) is 12.3 Å². The lowest BCUT2D eigenvalue weighted by Gasteiger charge is -2.04. The summed E-state index contributed by atoms with van der Waals surface area (Å²) in [7, 11) is 0. The average Bonchev–Trinajstić information content (AvgIpc) is 2.71. The minimum Gasteiger partial charge on any atom is -0.516 e. The van der Waals surface area contributed by atoms with Crippen molar-refractivity contribution in [3.8, 4) is 0 Å². The first-order valence-corrected chi connectivity index (χ1v) is 13.2. The Kier molecular flexibility index (Phi) is 26.1. The number of aliphatic hydroxyl groups excluding tert-OH is 1. The number of aliphatic hydroxyl groups is 1. The molecule has 0 rings (SSSR count). The summed E-state index contributed by atoms with van der Waals surface area (Å²) in [6.07, 6.45) is 37.1. The Morgan fingerprint density at radius 3 is 0.893 bits per heavy atom. The zero-order chi connectivity index (χ0) is 20.4. The van der Waals surface area contributed by atoms with Gasteiger partial charge in [0.2, 0.25) is 0 Å². The van der Waals surface area contributed by atoms with Crippen LogP contribution in [0.4, 0.5) is 0 Å². The highest BCUT2D eigenvalue weighted by Gasteiger charge is 1.95. The molecule has 168 valence electrons. The van der Waals surface area contributed by atoms with Crippen LogP contribution in [0.2, 0.25) is 0 Å². The van der Waals surface area contributed by atoms with E-state index in [1.54, 1.807) is 0 Å². The molecular weight excluding hydrogens is 340 g/mol. The summed E-state index contributed by atoms with van der Waals surface area (Å²) >= 11 is 0. The fourth-order valence-electron chi connectivity index (χ4n) is 4.12. The minimum absolute atomic E-state index is 1.04. The molecule has 0 unspecified atom stereocenters. The van der Waals surface area contributed by atoms with E-state index in [0.29, 0.717) is 0 Å². The predicted molar refractivity (Wildman–Crippen MR) is 128 cm³/mol. The number of allylic oxidation sites excluding steroid dienone is 1. The molecule has 1 N–H and O–H groups in total. The van der Waals surface area contributed by atoms with E-state index in [9.17, 15) is 0 Å². The van der Waals surface area contributed by atoms with Gasteiger partial charge < -0.3 is 5.11 Å². The average molecular weight is 395 g/mol. The van der Waals surface area contributed by atoms with Gasteiger partial charge >= 0.3 is 0 Å². The number of hydrogen-bond donors (Lipinski definition) is 1. The van der Waals surface area contributed by atoms with Crippen molar-refractivity contribution in [3.63, 3.8) is 0 Å². The molecule has 0 aliphatic rings. The van der Waals surface area contributed by atoms with Gasteiger partial charge in [0.25, 0.3) is 0 Å². The molecule has 0 aliphatic carbocycles. The van der Waals surface area contributed by atoms with E-state index in [4.69, 9.17) is 5.11 Å². The van der Waals surface area contributed by atoms with Crippen molar-refractivity contribution in [1.82, 2.24) is 0 Å². The van der Waals surface area contributed by atoms with E-state index in [1.807, 2.05) is 6.08 Å². The first kappa shape index (κ1) is 27.5. The Labute approximate surface area is 178 Å². The van der Waals surface area contributed by atoms with Gasteiger partial charge in [-0.1, -0.05) is 154 Å². The predicted octanol–water partition coefficient (Wildman–Crippen LogP) is 10.4. The third kappa shape index (κ3) is 25.5. The van der Waals surface area contributed by atoms with Crippen molar-refractivity contribution < 1.29 is 5.11 Å². The normalized spacial score (nSPS) is 11.6. The molecule has 0 aliphatic heterocycles. The first-order valence-electron chi connectivity index (χ1n) is 13.2. The van der Waals surface area contributed by atoms with Crippen LogP contribution in [-0.2, 0) is 0 Å². The van der Waals surface area contributed by atoms with Gasteiger partial charge in [0, 0.05) is 0 Å². The molecule has 0 aromatic heterocycles. The molecule has 0 aromatic rings. The van der Waals surface area contributed by atoms with Gasteiger partial charge in [-0.2, -0.15) is 0 Å². The summed E-state index contributed by atoms with van der Waals surface area (Å²) in [5, 5.41) is 8.56. The second-order valence-corrected chi connectivity index (χ2v) is 8.95. The molecule has 0 radical (unpaired) electrons. The molecule has 0 amide bonds. The maximum Gasteiger partial charge on any atom is 0.0751 e. The monoisotopic (exact) mass is 394 g/mol. The summed E-state index contributed by atoms with van der Waals surface area (Å²) in [4.78, 5) is 0. The third-order valence-corrected chi connectivity index (χ3v) is 6.08. The number of hydrogen-bond acceptors (Lipinski definition) is 1. The largest absolute Gasteiger partial charge is 0.516 e. The lowest BCUT2D eigenvalue weighted by atomic mass is 10.0. The van der Waals surface area contributed by atoms with E-state index >= 15 is 0 Å². The Morgan fingerprint density at radius 1 is 0.393 bits per heavy atom. The third-order valence-electron chi connectivity index (χ3n) is 6.08. The van der Waals surface area contributed by atoms with Crippen LogP contribution in [0.15, 0.2) is 12.3 Å². The van der Waals surface area contributed by atoms with Crippen LogP contribution in [0, 0.1) is 0 Å². The summed E-state index contributed by atoms with van der Waals surface area (Å²) in [6.45, 7) is 2.30. The Bertz CT molecular complexity index is 284. The van der Waals surface area contributed by atoms with Gasteiger partial charge in [0.15, 0.2) is 0 Å². The standard InChI is InChI=1S/C27H54O/c1-2-3-4-5-6-7-8-9-10-11-12-13-14-15-16-17-18-19-20-21-22-23-24-25-26-27-28/h26-28H,2-25H2,1H3. The Hall–Kier alpha value is -0.460. The van der Waals surface area contributed by atoms with E-state index in [-0.39, 0.29) is 0 Å². The van der Waals surface area contributed by atoms with Gasteiger partial charge in [-0.15, -0.1) is 0 Å². The molecule has 0 bridgehead atoms. The van der Waals surface area contributed by atoms with Gasteiger partial charge in [-0.3, -0.25) is 0 Å². The van der Waals surface area contributed by atoms with E-state index in [1.165, 1.54) is 154 Å². The maximum absolute atomic E-state index is 8.56. The first-order chi connectivity index (χ1) is 13.9. The summed E-state index contributed by atoms with van der Waals surface area (Å²) in [6, 6.07) is 0. The molecular formula is C27H54O. The second kappa shape index (κ2) is 26.5. The molecule has 0 atom stereocenters. The van der Waals surface area contributed by atoms with Crippen molar-refractivity contribution >= 4 is 0 Å². The van der Waals surface area contributed by atoms with Crippen molar-refractivity contribution in [2.45, 2.75) is 161 Å². The quantitative estimate of drug-likeness (QED) is 0.127. The van der Waals surface area contributed by atoms with Crippen LogP contribution in [-0.4, -0.2) is 5.11 Å². The number of unbranched alkanes of at least 4 members (excludes halogenated alkanes) is 23. The topological polar surface area (TPSA) is 20.2 Å². The van der Waals surface area contributed by atoms with E-state index in [2.05, 4.69) is 6.92 Å². The van der Waals surface area contributed by atoms with E-state index in [0.717, 1.165) is 6.42 Å². The fraction of sp³-hybridized carbons (Fsp3) is 0.926. The smallest absolute Gasteiger partial charge is 0.0751 e. The Morgan fingerprint density at radius 2 is 0.643 bits per heavy atom. The summed E-state index contributed by atoms with van der Waals surface area (Å²) in [5.74, 6) is 0. The summed E-state index contributed by atoms with van der Waals surface area (Å²) < 4.78 is 0. The van der Waals surface area contributed by atoms with Gasteiger partial charge in [-0.25, -0.2) is 0 Å². The SMILES string of the molecule is CCCCCCCCCCCCCCCCCCCCCCCCCC=CO. The van der Waals surface area contributed by atoms with Crippen LogP contribution in [0.25, 0.3) is 0 Å². The highest BCUT2D eigenvalue weighted by Crippen LogP contribution is 2.15.